The number of nitrogens with zero attached hydrogens (tertiary/aromatic N) is 1. The van der Waals surface area contributed by atoms with Crippen molar-refractivity contribution in [3.63, 3.8) is 0 Å². The molecule has 8 nitrogen and oxygen atoms in total. The van der Waals surface area contributed by atoms with Gasteiger partial charge in [-0.1, -0.05) is 5.16 Å². The van der Waals surface area contributed by atoms with Gasteiger partial charge in [0.1, 0.15) is 5.76 Å². The first-order chi connectivity index (χ1) is 7.93. The fraction of sp³-hybridized carbons (Fsp3) is 0.500. The van der Waals surface area contributed by atoms with E-state index in [1.165, 1.54) is 13.2 Å². The molecule has 0 aliphatic carbocycles. The summed E-state index contributed by atoms with van der Waals surface area (Å²) in [7, 11) is -2.37. The average Bonchev–Trinajstić information content (AvgIpc) is 2.62. The van der Waals surface area contributed by atoms with Crippen LogP contribution in [0.15, 0.2) is 10.6 Å². The van der Waals surface area contributed by atoms with Crippen LogP contribution in [0.5, 0.6) is 0 Å². The lowest BCUT2D eigenvalue weighted by atomic mass is 10.5. The number of methoxy groups -OCH3 is 1. The highest BCUT2D eigenvalue weighted by atomic mass is 32.2. The molecule has 0 spiro atoms. The van der Waals surface area contributed by atoms with Crippen molar-refractivity contribution in [1.82, 2.24) is 10.5 Å². The quantitative estimate of drug-likeness (QED) is 0.778. The second-order valence-electron chi connectivity index (χ2n) is 3.16. The van der Waals surface area contributed by atoms with Gasteiger partial charge in [-0.05, 0) is 6.92 Å². The van der Waals surface area contributed by atoms with Crippen LogP contribution in [0.25, 0.3) is 0 Å². The molecule has 0 aromatic carbocycles. The van der Waals surface area contributed by atoms with Crippen molar-refractivity contribution in [2.24, 2.45) is 0 Å². The monoisotopic (exact) mass is 263 g/mol. The van der Waals surface area contributed by atoms with Gasteiger partial charge in [-0.3, -0.25) is 4.72 Å². The largest absolute Gasteiger partial charge is 0.453 e. The fourth-order valence-electron chi connectivity index (χ4n) is 0.984. The van der Waals surface area contributed by atoms with Gasteiger partial charge >= 0.3 is 6.09 Å². The molecule has 0 saturated carbocycles. The molecule has 0 unspecified atom stereocenters. The summed E-state index contributed by atoms with van der Waals surface area (Å²) in [6.07, 6.45) is -0.683. The maximum absolute atomic E-state index is 11.5. The molecular formula is C8H13N3O5S. The lowest BCUT2D eigenvalue weighted by Gasteiger charge is -2.05. The molecule has 1 heterocycles. The lowest BCUT2D eigenvalue weighted by Crippen LogP contribution is -2.31. The van der Waals surface area contributed by atoms with E-state index >= 15 is 0 Å². The summed E-state index contributed by atoms with van der Waals surface area (Å²) in [4.78, 5) is 10.7. The number of ether oxygens (including phenoxy) is 1. The van der Waals surface area contributed by atoms with Crippen molar-refractivity contribution >= 4 is 21.9 Å². The van der Waals surface area contributed by atoms with Crippen molar-refractivity contribution in [2.75, 3.05) is 24.1 Å². The van der Waals surface area contributed by atoms with Gasteiger partial charge < -0.3 is 14.6 Å². The Balaban J connectivity index is 2.44. The van der Waals surface area contributed by atoms with Crippen LogP contribution in [-0.2, 0) is 14.8 Å². The van der Waals surface area contributed by atoms with Crippen LogP contribution < -0.4 is 10.0 Å². The molecule has 0 aliphatic rings. The highest BCUT2D eigenvalue weighted by Crippen LogP contribution is 2.08. The third kappa shape index (κ3) is 4.72. The van der Waals surface area contributed by atoms with E-state index < -0.39 is 16.1 Å². The zero-order chi connectivity index (χ0) is 12.9. The van der Waals surface area contributed by atoms with E-state index in [0.29, 0.717) is 5.76 Å². The molecular weight excluding hydrogens is 250 g/mol. The molecule has 0 aliphatic heterocycles. The van der Waals surface area contributed by atoms with Gasteiger partial charge in [-0.25, -0.2) is 13.2 Å². The molecule has 1 rings (SSSR count). The number of carbonyl (C=O) groups excluding carboxylic acids is 1. The van der Waals surface area contributed by atoms with Crippen LogP contribution in [0, 0.1) is 6.92 Å². The number of anilines is 1. The minimum absolute atomic E-state index is 0.0567. The average molecular weight is 263 g/mol. The maximum Gasteiger partial charge on any atom is 0.406 e. The minimum Gasteiger partial charge on any atom is -0.453 e. The van der Waals surface area contributed by atoms with E-state index in [-0.39, 0.29) is 18.1 Å². The molecule has 0 bridgehead atoms. The Kier molecular flexibility index (Phi) is 4.32. The Morgan fingerprint density at radius 1 is 1.59 bits per heavy atom. The molecule has 1 aromatic heterocycles. The van der Waals surface area contributed by atoms with E-state index in [1.807, 2.05) is 0 Å². The van der Waals surface area contributed by atoms with Gasteiger partial charge in [0.25, 0.3) is 0 Å². The Labute approximate surface area is 98.4 Å². The first kappa shape index (κ1) is 13.3. The van der Waals surface area contributed by atoms with Gasteiger partial charge in [0.2, 0.25) is 10.0 Å². The molecule has 17 heavy (non-hydrogen) atoms. The molecule has 1 amide bonds. The maximum atomic E-state index is 11.5. The van der Waals surface area contributed by atoms with Crippen LogP contribution in [0.4, 0.5) is 10.6 Å². The molecule has 0 atom stereocenters. The van der Waals surface area contributed by atoms with Gasteiger partial charge in [-0.2, -0.15) is 0 Å². The van der Waals surface area contributed by atoms with Gasteiger partial charge in [0.15, 0.2) is 5.82 Å². The summed E-state index contributed by atoms with van der Waals surface area (Å²) >= 11 is 0. The predicted molar refractivity (Wildman–Crippen MR) is 59.1 cm³/mol. The Morgan fingerprint density at radius 2 is 2.29 bits per heavy atom. The van der Waals surface area contributed by atoms with Crippen LogP contribution in [0.3, 0.4) is 0 Å². The topological polar surface area (TPSA) is 111 Å². The van der Waals surface area contributed by atoms with Crippen molar-refractivity contribution in [3.8, 4) is 0 Å². The summed E-state index contributed by atoms with van der Waals surface area (Å²) in [5.41, 5.74) is 0. The highest BCUT2D eigenvalue weighted by Gasteiger charge is 2.13. The second kappa shape index (κ2) is 5.53. The second-order valence-corrected chi connectivity index (χ2v) is 5.00. The van der Waals surface area contributed by atoms with Crippen LogP contribution in [0.2, 0.25) is 0 Å². The predicted octanol–water partition coefficient (Wildman–Crippen LogP) is 0.0807. The summed E-state index contributed by atoms with van der Waals surface area (Å²) < 4.78 is 34.2. The molecule has 9 heteroatoms. The SMILES string of the molecule is COC(=O)NCCS(=O)(=O)Nc1cc(C)on1. The van der Waals surface area contributed by atoms with Crippen LogP contribution in [0.1, 0.15) is 5.76 Å². The van der Waals surface area contributed by atoms with Crippen molar-refractivity contribution in [3.05, 3.63) is 11.8 Å². The van der Waals surface area contributed by atoms with Crippen molar-refractivity contribution in [1.29, 1.82) is 0 Å². The minimum atomic E-state index is -3.57. The van der Waals surface area contributed by atoms with Gasteiger partial charge in [-0.15, -0.1) is 0 Å². The molecule has 1 aromatic rings. The Morgan fingerprint density at radius 3 is 2.82 bits per heavy atom. The molecule has 0 radical (unpaired) electrons. The van der Waals surface area contributed by atoms with E-state index in [9.17, 15) is 13.2 Å². The van der Waals surface area contributed by atoms with Crippen LogP contribution >= 0.6 is 0 Å². The summed E-state index contributed by atoms with van der Waals surface area (Å²) in [5.74, 6) is 0.324. The molecule has 0 saturated heterocycles. The van der Waals surface area contributed by atoms with Gasteiger partial charge in [0, 0.05) is 12.6 Å². The normalized spacial score (nSPS) is 10.9. The number of hydrogen-bond acceptors (Lipinski definition) is 6. The number of hydrogen-bond donors (Lipinski definition) is 2. The zero-order valence-corrected chi connectivity index (χ0v) is 10.2. The van der Waals surface area contributed by atoms with E-state index in [2.05, 4.69) is 19.9 Å². The summed E-state index contributed by atoms with van der Waals surface area (Å²) in [5, 5.41) is 5.74. The number of aromatic nitrogens is 1. The molecule has 96 valence electrons. The first-order valence-corrected chi connectivity index (χ1v) is 6.34. The Bertz CT molecular complexity index is 481. The van der Waals surface area contributed by atoms with E-state index in [0.717, 1.165) is 0 Å². The van der Waals surface area contributed by atoms with Gasteiger partial charge in [0.05, 0.1) is 12.9 Å². The van der Waals surface area contributed by atoms with Crippen molar-refractivity contribution in [2.45, 2.75) is 6.92 Å². The van der Waals surface area contributed by atoms with Crippen LogP contribution in [-0.4, -0.2) is 39.1 Å². The molecule has 2 N–H and O–H groups in total. The summed E-state index contributed by atoms with van der Waals surface area (Å²) in [6, 6.07) is 1.45. The number of sulfonamides is 1. The third-order valence-electron chi connectivity index (χ3n) is 1.71. The fourth-order valence-corrected chi connectivity index (χ4v) is 1.87. The first-order valence-electron chi connectivity index (χ1n) is 4.68. The van der Waals surface area contributed by atoms with Crippen molar-refractivity contribution < 1.29 is 22.5 Å². The molecule has 0 fully saturated rings. The number of alkyl carbamates (subject to hydrolysis) is 1. The number of aryl methyl sites for hydroxylation is 1. The smallest absolute Gasteiger partial charge is 0.406 e. The zero-order valence-electron chi connectivity index (χ0n) is 9.39. The number of amides is 1. The lowest BCUT2D eigenvalue weighted by molar-refractivity contribution is 0.172. The summed E-state index contributed by atoms with van der Waals surface area (Å²) in [6.45, 7) is 1.59. The van der Waals surface area contributed by atoms with E-state index in [4.69, 9.17) is 4.52 Å². The van der Waals surface area contributed by atoms with E-state index in [1.54, 1.807) is 6.92 Å². The number of carbonyl (C=O) groups is 1. The number of nitrogens with one attached hydrogen (secondary N) is 2. The Hall–Kier alpha value is -1.77. The number of rotatable bonds is 5. The third-order valence-corrected chi connectivity index (χ3v) is 2.98. The highest BCUT2D eigenvalue weighted by molar-refractivity contribution is 7.92. The standard InChI is InChI=1S/C8H13N3O5S/c1-6-5-7(10-16-6)11-17(13,14)4-3-9-8(12)15-2/h5H,3-4H2,1-2H3,(H,9,12)(H,10,11).